The Kier molecular flexibility index (Phi) is 3.47. The Hall–Kier alpha value is -0.650. The number of carbonyl (C=O) groups is 1. The fourth-order valence-electron chi connectivity index (χ4n) is 2.33. The second kappa shape index (κ2) is 4.69. The number of ether oxygens (including phenoxy) is 1. The van der Waals surface area contributed by atoms with E-state index in [-0.39, 0.29) is 5.91 Å². The number of likely N-dealkylation sites (N-methyl/N-ethyl adjacent to an activating group) is 1. The summed E-state index contributed by atoms with van der Waals surface area (Å²) in [5.41, 5.74) is 5.32. The summed E-state index contributed by atoms with van der Waals surface area (Å²) in [6.07, 6.45) is 0.653. The fraction of sp³-hybridized carbons (Fsp3) is 0.909. The smallest absolute Gasteiger partial charge is 0.245 e. The van der Waals surface area contributed by atoms with Gasteiger partial charge in [0.25, 0.3) is 0 Å². The van der Waals surface area contributed by atoms with E-state index in [1.165, 1.54) is 0 Å². The summed E-state index contributed by atoms with van der Waals surface area (Å²) in [7, 11) is 0. The molecule has 0 saturated carbocycles. The van der Waals surface area contributed by atoms with E-state index in [0.717, 1.165) is 32.7 Å². The third-order valence-electron chi connectivity index (χ3n) is 3.58. The minimum absolute atomic E-state index is 0.0701. The predicted molar refractivity (Wildman–Crippen MR) is 61.0 cm³/mol. The van der Waals surface area contributed by atoms with Gasteiger partial charge in [0.1, 0.15) is 5.54 Å². The van der Waals surface area contributed by atoms with Gasteiger partial charge in [-0.1, -0.05) is 6.92 Å². The molecular formula is C11H21N3O2. The highest BCUT2D eigenvalue weighted by Gasteiger charge is 2.41. The van der Waals surface area contributed by atoms with Gasteiger partial charge in [0.2, 0.25) is 5.91 Å². The number of rotatable bonds is 2. The highest BCUT2D eigenvalue weighted by molar-refractivity contribution is 5.86. The Bertz CT molecular complexity index is 256. The maximum absolute atomic E-state index is 12.2. The van der Waals surface area contributed by atoms with Crippen LogP contribution < -0.4 is 5.73 Å². The Morgan fingerprint density at radius 1 is 1.38 bits per heavy atom. The maximum Gasteiger partial charge on any atom is 0.245 e. The largest absolute Gasteiger partial charge is 0.379 e. The van der Waals surface area contributed by atoms with Gasteiger partial charge >= 0.3 is 0 Å². The average Bonchev–Trinajstić information content (AvgIpc) is 2.77. The quantitative estimate of drug-likeness (QED) is 0.675. The number of hydrogen-bond acceptors (Lipinski definition) is 4. The molecular weight excluding hydrogens is 206 g/mol. The van der Waals surface area contributed by atoms with Crippen molar-refractivity contribution in [3.63, 3.8) is 0 Å². The lowest BCUT2D eigenvalue weighted by Crippen LogP contribution is -2.59. The molecule has 0 aromatic rings. The van der Waals surface area contributed by atoms with Gasteiger partial charge in [-0.05, 0) is 13.0 Å². The fourth-order valence-corrected chi connectivity index (χ4v) is 2.33. The molecule has 0 aliphatic carbocycles. The van der Waals surface area contributed by atoms with Crippen LogP contribution in [0.4, 0.5) is 0 Å². The second-order valence-corrected chi connectivity index (χ2v) is 4.69. The third-order valence-corrected chi connectivity index (χ3v) is 3.58. The van der Waals surface area contributed by atoms with Crippen LogP contribution in [0.2, 0.25) is 0 Å². The number of nitrogens with two attached hydrogens (primary N) is 1. The summed E-state index contributed by atoms with van der Waals surface area (Å²) in [5, 5.41) is 0. The molecule has 2 rings (SSSR count). The zero-order chi connectivity index (χ0) is 11.6. The number of piperazine rings is 1. The van der Waals surface area contributed by atoms with Crippen molar-refractivity contribution < 1.29 is 9.53 Å². The molecule has 5 nitrogen and oxygen atoms in total. The van der Waals surface area contributed by atoms with Crippen molar-refractivity contribution in [3.8, 4) is 0 Å². The van der Waals surface area contributed by atoms with E-state index in [2.05, 4.69) is 11.8 Å². The first-order valence-electron chi connectivity index (χ1n) is 6.04. The molecule has 2 aliphatic rings. The van der Waals surface area contributed by atoms with Crippen LogP contribution in [0.3, 0.4) is 0 Å². The van der Waals surface area contributed by atoms with Crippen LogP contribution >= 0.6 is 0 Å². The third kappa shape index (κ3) is 2.21. The molecule has 2 heterocycles. The highest BCUT2D eigenvalue weighted by atomic mass is 16.5. The highest BCUT2D eigenvalue weighted by Crippen LogP contribution is 2.19. The molecule has 92 valence electrons. The molecule has 1 atom stereocenters. The van der Waals surface area contributed by atoms with E-state index in [4.69, 9.17) is 10.5 Å². The lowest BCUT2D eigenvalue weighted by atomic mass is 9.98. The van der Waals surface area contributed by atoms with E-state index < -0.39 is 5.54 Å². The number of hydrogen-bond donors (Lipinski definition) is 1. The average molecular weight is 227 g/mol. The first-order valence-corrected chi connectivity index (χ1v) is 6.04. The summed E-state index contributed by atoms with van der Waals surface area (Å²) in [5.74, 6) is 0.0701. The first-order chi connectivity index (χ1) is 7.65. The molecule has 0 aromatic heterocycles. The van der Waals surface area contributed by atoms with Crippen LogP contribution in [-0.4, -0.2) is 67.2 Å². The molecule has 5 heteroatoms. The van der Waals surface area contributed by atoms with Crippen LogP contribution in [0, 0.1) is 0 Å². The number of amides is 1. The lowest BCUT2D eigenvalue weighted by molar-refractivity contribution is -0.138. The van der Waals surface area contributed by atoms with E-state index in [9.17, 15) is 4.79 Å². The molecule has 1 amide bonds. The van der Waals surface area contributed by atoms with Gasteiger partial charge in [0.15, 0.2) is 0 Å². The van der Waals surface area contributed by atoms with Crippen LogP contribution in [0.25, 0.3) is 0 Å². The Balaban J connectivity index is 1.91. The molecule has 1 unspecified atom stereocenters. The van der Waals surface area contributed by atoms with Gasteiger partial charge in [0.05, 0.1) is 6.61 Å². The van der Waals surface area contributed by atoms with Crippen LogP contribution in [-0.2, 0) is 9.53 Å². The van der Waals surface area contributed by atoms with Gasteiger partial charge in [-0.15, -0.1) is 0 Å². The number of nitrogens with zero attached hydrogens (tertiary/aromatic N) is 2. The summed E-state index contributed by atoms with van der Waals surface area (Å²) < 4.78 is 5.23. The standard InChI is InChI=1S/C11H21N3O2/c1-2-13-4-6-14(7-5-13)10(15)11(12)3-8-16-9-11/h2-9,12H2,1H3. The van der Waals surface area contributed by atoms with Crippen molar-refractivity contribution in [2.75, 3.05) is 45.9 Å². The monoisotopic (exact) mass is 227 g/mol. The van der Waals surface area contributed by atoms with Gasteiger partial charge in [-0.2, -0.15) is 0 Å². The first kappa shape index (κ1) is 11.8. The molecule has 2 fully saturated rings. The van der Waals surface area contributed by atoms with Crippen LogP contribution in [0.1, 0.15) is 13.3 Å². The lowest BCUT2D eigenvalue weighted by Gasteiger charge is -2.37. The molecule has 16 heavy (non-hydrogen) atoms. The van der Waals surface area contributed by atoms with E-state index in [0.29, 0.717) is 19.6 Å². The summed E-state index contributed by atoms with van der Waals surface area (Å²) >= 11 is 0. The number of carbonyl (C=O) groups excluding carboxylic acids is 1. The van der Waals surface area contributed by atoms with Crippen molar-refractivity contribution >= 4 is 5.91 Å². The molecule has 0 bridgehead atoms. The van der Waals surface area contributed by atoms with Gasteiger partial charge in [-0.3, -0.25) is 4.79 Å². The zero-order valence-corrected chi connectivity index (χ0v) is 9.95. The van der Waals surface area contributed by atoms with Crippen molar-refractivity contribution in [2.45, 2.75) is 18.9 Å². The molecule has 0 aromatic carbocycles. The van der Waals surface area contributed by atoms with Crippen molar-refractivity contribution in [1.29, 1.82) is 0 Å². The molecule has 2 saturated heterocycles. The Morgan fingerprint density at radius 3 is 2.56 bits per heavy atom. The minimum Gasteiger partial charge on any atom is -0.379 e. The molecule has 0 radical (unpaired) electrons. The van der Waals surface area contributed by atoms with Gasteiger partial charge < -0.3 is 20.3 Å². The normalized spacial score (nSPS) is 32.0. The van der Waals surface area contributed by atoms with Crippen molar-refractivity contribution in [3.05, 3.63) is 0 Å². The van der Waals surface area contributed by atoms with Crippen molar-refractivity contribution in [1.82, 2.24) is 9.80 Å². The van der Waals surface area contributed by atoms with E-state index in [1.807, 2.05) is 4.90 Å². The second-order valence-electron chi connectivity index (χ2n) is 4.69. The van der Waals surface area contributed by atoms with E-state index in [1.54, 1.807) is 0 Å². The summed E-state index contributed by atoms with van der Waals surface area (Å²) in [6.45, 7) is 7.69. The van der Waals surface area contributed by atoms with Crippen LogP contribution in [0.15, 0.2) is 0 Å². The van der Waals surface area contributed by atoms with Gasteiger partial charge in [-0.25, -0.2) is 0 Å². The van der Waals surface area contributed by atoms with Gasteiger partial charge in [0, 0.05) is 32.8 Å². The predicted octanol–water partition coefficient (Wildman–Crippen LogP) is -0.732. The SMILES string of the molecule is CCN1CCN(C(=O)C2(N)CCOC2)CC1. The summed E-state index contributed by atoms with van der Waals surface area (Å²) in [6, 6.07) is 0. The van der Waals surface area contributed by atoms with E-state index >= 15 is 0 Å². The molecule has 2 aliphatic heterocycles. The molecule has 0 spiro atoms. The van der Waals surface area contributed by atoms with Crippen LogP contribution in [0.5, 0.6) is 0 Å². The minimum atomic E-state index is -0.756. The Morgan fingerprint density at radius 2 is 2.06 bits per heavy atom. The zero-order valence-electron chi connectivity index (χ0n) is 9.95. The van der Waals surface area contributed by atoms with Crippen molar-refractivity contribution in [2.24, 2.45) is 5.73 Å². The Labute approximate surface area is 96.5 Å². The maximum atomic E-state index is 12.2. The summed E-state index contributed by atoms with van der Waals surface area (Å²) in [4.78, 5) is 16.5. The molecule has 2 N–H and O–H groups in total. The topological polar surface area (TPSA) is 58.8 Å².